The van der Waals surface area contributed by atoms with Gasteiger partial charge in [-0.25, -0.2) is 8.78 Å². The minimum atomic E-state index is -0.611. The van der Waals surface area contributed by atoms with Gasteiger partial charge >= 0.3 is 0 Å². The lowest BCUT2D eigenvalue weighted by Gasteiger charge is -2.10. The summed E-state index contributed by atoms with van der Waals surface area (Å²) < 4.78 is 26.1. The highest BCUT2D eigenvalue weighted by Crippen LogP contribution is 2.20. The predicted octanol–water partition coefficient (Wildman–Crippen LogP) is 2.30. The van der Waals surface area contributed by atoms with Crippen LogP contribution in [0, 0.1) is 11.6 Å². The summed E-state index contributed by atoms with van der Waals surface area (Å²) in [4.78, 5) is 11.1. The highest BCUT2D eigenvalue weighted by Gasteiger charge is 2.05. The summed E-state index contributed by atoms with van der Waals surface area (Å²) in [7, 11) is 0. The average molecular weight is 291 g/mol. The molecule has 0 aliphatic rings. The topological polar surface area (TPSA) is 81.1 Å². The van der Waals surface area contributed by atoms with E-state index in [4.69, 9.17) is 11.5 Å². The van der Waals surface area contributed by atoms with Crippen molar-refractivity contribution in [1.82, 2.24) is 0 Å². The zero-order chi connectivity index (χ0) is 15.4. The van der Waals surface area contributed by atoms with Gasteiger partial charge in [0.1, 0.15) is 11.6 Å². The van der Waals surface area contributed by atoms with Crippen LogP contribution in [0.5, 0.6) is 0 Å². The minimum absolute atomic E-state index is 0.337. The summed E-state index contributed by atoms with van der Waals surface area (Å²) in [6, 6.07) is 8.02. The maximum absolute atomic E-state index is 13.1. The van der Waals surface area contributed by atoms with Crippen LogP contribution >= 0.6 is 0 Å². The standard InChI is InChI=1S/C15H15F2N3O/c16-11-5-9(6-12(17)8-11)3-4-20-14-7-10(15(19)21)1-2-13(14)18/h1-2,5-8,20H,3-4,18H2,(H2,19,21). The smallest absolute Gasteiger partial charge is 0.248 e. The molecule has 0 aromatic heterocycles. The SMILES string of the molecule is NC(=O)c1ccc(N)c(NCCc2cc(F)cc(F)c2)c1. The van der Waals surface area contributed by atoms with Gasteiger partial charge in [-0.3, -0.25) is 4.79 Å². The Bertz CT molecular complexity index is 654. The fourth-order valence-corrected chi connectivity index (χ4v) is 1.96. The van der Waals surface area contributed by atoms with E-state index in [9.17, 15) is 13.6 Å². The average Bonchev–Trinajstić information content (AvgIpc) is 2.39. The van der Waals surface area contributed by atoms with Gasteiger partial charge in [0.25, 0.3) is 0 Å². The van der Waals surface area contributed by atoms with Crippen molar-refractivity contribution >= 4 is 17.3 Å². The number of primary amides is 1. The number of rotatable bonds is 5. The van der Waals surface area contributed by atoms with E-state index in [-0.39, 0.29) is 0 Å². The summed E-state index contributed by atoms with van der Waals surface area (Å²) in [6.45, 7) is 0.412. The molecule has 0 bridgehead atoms. The van der Waals surface area contributed by atoms with Crippen molar-refractivity contribution in [1.29, 1.82) is 0 Å². The van der Waals surface area contributed by atoms with Crippen LogP contribution in [0.3, 0.4) is 0 Å². The molecule has 0 radical (unpaired) electrons. The van der Waals surface area contributed by atoms with Crippen LogP contribution in [-0.2, 0) is 6.42 Å². The first-order valence-electron chi connectivity index (χ1n) is 6.34. The lowest BCUT2D eigenvalue weighted by Crippen LogP contribution is -2.13. The Balaban J connectivity index is 2.03. The normalized spacial score (nSPS) is 10.4. The van der Waals surface area contributed by atoms with Crippen LogP contribution in [0.2, 0.25) is 0 Å². The van der Waals surface area contributed by atoms with Crippen LogP contribution < -0.4 is 16.8 Å². The second-order valence-corrected chi connectivity index (χ2v) is 4.62. The second-order valence-electron chi connectivity index (χ2n) is 4.62. The third-order valence-corrected chi connectivity index (χ3v) is 2.99. The summed E-state index contributed by atoms with van der Waals surface area (Å²) in [5, 5.41) is 3.02. The van der Waals surface area contributed by atoms with Gasteiger partial charge in [-0.05, 0) is 42.3 Å². The molecule has 5 N–H and O–H groups in total. The molecular weight excluding hydrogens is 276 g/mol. The number of hydrogen-bond donors (Lipinski definition) is 3. The maximum Gasteiger partial charge on any atom is 0.248 e. The van der Waals surface area contributed by atoms with Gasteiger partial charge in [0.15, 0.2) is 0 Å². The lowest BCUT2D eigenvalue weighted by molar-refractivity contribution is 0.100. The first kappa shape index (κ1) is 14.8. The molecule has 0 atom stereocenters. The third kappa shape index (κ3) is 3.92. The highest BCUT2D eigenvalue weighted by molar-refractivity contribution is 5.94. The predicted molar refractivity (Wildman–Crippen MR) is 77.9 cm³/mol. The molecule has 2 rings (SSSR count). The molecule has 0 spiro atoms. The van der Waals surface area contributed by atoms with E-state index in [1.807, 2.05) is 0 Å². The number of carbonyl (C=O) groups is 1. The molecule has 1 amide bonds. The van der Waals surface area contributed by atoms with Gasteiger partial charge in [0, 0.05) is 18.2 Å². The first-order valence-corrected chi connectivity index (χ1v) is 6.34. The third-order valence-electron chi connectivity index (χ3n) is 2.99. The van der Waals surface area contributed by atoms with Gasteiger partial charge in [0.05, 0.1) is 11.4 Å². The summed E-state index contributed by atoms with van der Waals surface area (Å²) >= 11 is 0. The zero-order valence-corrected chi connectivity index (χ0v) is 11.2. The Morgan fingerprint density at radius 2 is 1.76 bits per heavy atom. The number of carbonyl (C=O) groups excluding carboxylic acids is 1. The fourth-order valence-electron chi connectivity index (χ4n) is 1.96. The van der Waals surface area contributed by atoms with E-state index in [2.05, 4.69) is 5.32 Å². The van der Waals surface area contributed by atoms with Crippen LogP contribution in [0.15, 0.2) is 36.4 Å². The van der Waals surface area contributed by atoms with E-state index in [0.29, 0.717) is 35.5 Å². The summed E-state index contributed by atoms with van der Waals surface area (Å²) in [5.41, 5.74) is 12.9. The van der Waals surface area contributed by atoms with Crippen molar-refractivity contribution in [3.05, 3.63) is 59.2 Å². The van der Waals surface area contributed by atoms with Gasteiger partial charge in [-0.1, -0.05) is 0 Å². The molecule has 2 aromatic carbocycles. The van der Waals surface area contributed by atoms with Gasteiger partial charge in [0.2, 0.25) is 5.91 Å². The molecular formula is C15H15F2N3O. The molecule has 0 aliphatic heterocycles. The van der Waals surface area contributed by atoms with Gasteiger partial charge < -0.3 is 16.8 Å². The molecule has 0 saturated heterocycles. The molecule has 0 unspecified atom stereocenters. The fraction of sp³-hybridized carbons (Fsp3) is 0.133. The zero-order valence-electron chi connectivity index (χ0n) is 11.2. The highest BCUT2D eigenvalue weighted by atomic mass is 19.1. The number of halogens is 2. The molecule has 21 heavy (non-hydrogen) atoms. The van der Waals surface area contributed by atoms with Crippen LogP contribution in [0.1, 0.15) is 15.9 Å². The van der Waals surface area contributed by atoms with Crippen molar-refractivity contribution < 1.29 is 13.6 Å². The van der Waals surface area contributed by atoms with Crippen LogP contribution in [0.25, 0.3) is 0 Å². The van der Waals surface area contributed by atoms with Crippen molar-refractivity contribution in [3.63, 3.8) is 0 Å². The number of nitrogens with one attached hydrogen (secondary N) is 1. The van der Waals surface area contributed by atoms with E-state index in [0.717, 1.165) is 6.07 Å². The number of nitrogens with two attached hydrogens (primary N) is 2. The Kier molecular flexibility index (Phi) is 4.37. The van der Waals surface area contributed by atoms with E-state index >= 15 is 0 Å². The first-order chi connectivity index (χ1) is 9.95. The minimum Gasteiger partial charge on any atom is -0.397 e. The Labute approximate surface area is 120 Å². The quantitative estimate of drug-likeness (QED) is 0.739. The molecule has 0 fully saturated rings. The molecule has 2 aromatic rings. The van der Waals surface area contributed by atoms with Gasteiger partial charge in [-0.2, -0.15) is 0 Å². The van der Waals surface area contributed by atoms with E-state index < -0.39 is 17.5 Å². The number of amides is 1. The van der Waals surface area contributed by atoms with E-state index in [1.54, 1.807) is 12.1 Å². The monoisotopic (exact) mass is 291 g/mol. The Morgan fingerprint density at radius 3 is 2.38 bits per heavy atom. The van der Waals surface area contributed by atoms with Crippen molar-refractivity contribution in [2.24, 2.45) is 5.73 Å². The largest absolute Gasteiger partial charge is 0.397 e. The van der Waals surface area contributed by atoms with E-state index in [1.165, 1.54) is 18.2 Å². The lowest BCUT2D eigenvalue weighted by atomic mass is 10.1. The number of hydrogen-bond acceptors (Lipinski definition) is 3. The Hall–Kier alpha value is -2.63. The van der Waals surface area contributed by atoms with Crippen LogP contribution in [-0.4, -0.2) is 12.5 Å². The Morgan fingerprint density at radius 1 is 1.10 bits per heavy atom. The van der Waals surface area contributed by atoms with Crippen LogP contribution in [0.4, 0.5) is 20.2 Å². The molecule has 0 saturated carbocycles. The number of anilines is 2. The van der Waals surface area contributed by atoms with Gasteiger partial charge in [-0.15, -0.1) is 0 Å². The maximum atomic E-state index is 13.1. The summed E-state index contributed by atoms with van der Waals surface area (Å²) in [5.74, 6) is -1.77. The summed E-state index contributed by atoms with van der Waals surface area (Å²) in [6.07, 6.45) is 0.412. The van der Waals surface area contributed by atoms with Crippen molar-refractivity contribution in [3.8, 4) is 0 Å². The number of benzene rings is 2. The van der Waals surface area contributed by atoms with Crippen molar-refractivity contribution in [2.45, 2.75) is 6.42 Å². The second kappa shape index (κ2) is 6.21. The van der Waals surface area contributed by atoms with Crippen molar-refractivity contribution in [2.75, 3.05) is 17.6 Å². The molecule has 110 valence electrons. The molecule has 4 nitrogen and oxygen atoms in total. The molecule has 0 heterocycles. The number of nitrogen functional groups attached to an aromatic ring is 1. The molecule has 0 aliphatic carbocycles. The molecule has 6 heteroatoms.